The summed E-state index contributed by atoms with van der Waals surface area (Å²) in [7, 11) is 1.94. The number of hydrogen-bond acceptors (Lipinski definition) is 21. The van der Waals surface area contributed by atoms with Crippen LogP contribution >= 0.6 is 0 Å². The van der Waals surface area contributed by atoms with Gasteiger partial charge < -0.3 is 87.1 Å². The van der Waals surface area contributed by atoms with E-state index >= 15 is 0 Å². The van der Waals surface area contributed by atoms with Crippen molar-refractivity contribution in [2.45, 2.75) is 94.8 Å². The number of epoxide rings is 1. The number of imidazole rings is 1. The zero-order valence-corrected chi connectivity index (χ0v) is 45.5. The smallest absolute Gasteiger partial charge is 0.204 e. The van der Waals surface area contributed by atoms with Gasteiger partial charge in [-0.05, 0) is 71.0 Å². The largest absolute Gasteiger partial charge is 0.508 e. The van der Waals surface area contributed by atoms with Gasteiger partial charge in [-0.2, -0.15) is 0 Å². The molecule has 0 spiro atoms. The van der Waals surface area contributed by atoms with Crippen LogP contribution in [0.3, 0.4) is 0 Å². The number of aliphatic hydroxyl groups is 2. The fraction of sp³-hybridized carbons (Fsp3) is 0.311. The standard InChI is InChI=1S/C21H20O7.C18H16O7.C18H14O6.C4H6N2/c1-20(2)25-9-21(3,28-20)16-8-12-14(26-16)5-4-11-18(24)17-13(23)6-10(22)7-15(17)27-19(11)12;1-18(23,7-19)14-6-10-12(24-14)3-2-9-16(22)15-11(21)4-8(20)5-13(15)25-17(9)10;1-18(7-22-18)14-6-10-12(23-14)3-2-9-16(21)15-11(20)4-8(19)5-13(15)24-17(9)10;1-6-3-2-5-4-6/h4-7,16,22-23H,8-9H2,1-3H3;2-5,14,19-21,23H,6-7H2,1H3;2-5,14,19-20H,6-7H2,1H3;2-4H,1H3/t16-,21+;14-,18+;14-,18-;/m111./s1. The Bertz CT molecular complexity index is 4480. The topological polar surface area (TPSA) is 329 Å². The van der Waals surface area contributed by atoms with Crippen LogP contribution in [0.1, 0.15) is 51.3 Å². The molecule has 430 valence electrons. The summed E-state index contributed by atoms with van der Waals surface area (Å²) in [6.45, 7) is 9.70. The molecule has 0 amide bonds. The summed E-state index contributed by atoms with van der Waals surface area (Å²) in [4.78, 5) is 42.2. The molecular formula is C61H56N2O20. The van der Waals surface area contributed by atoms with Gasteiger partial charge >= 0.3 is 0 Å². The summed E-state index contributed by atoms with van der Waals surface area (Å²) >= 11 is 0. The van der Waals surface area contributed by atoms with E-state index in [-0.39, 0.29) is 113 Å². The molecule has 6 atom stereocenters. The van der Waals surface area contributed by atoms with Crippen LogP contribution in [0.15, 0.2) is 119 Å². The minimum Gasteiger partial charge on any atom is -0.508 e. The van der Waals surface area contributed by atoms with E-state index in [1.807, 2.05) is 45.5 Å². The second-order valence-corrected chi connectivity index (χ2v) is 22.4. The van der Waals surface area contributed by atoms with Crippen molar-refractivity contribution in [2.75, 3.05) is 19.8 Å². The van der Waals surface area contributed by atoms with Crippen LogP contribution in [0.2, 0.25) is 0 Å². The lowest BCUT2D eigenvalue weighted by molar-refractivity contribution is -0.173. The van der Waals surface area contributed by atoms with Gasteiger partial charge in [0.25, 0.3) is 0 Å². The first-order valence-electron chi connectivity index (χ1n) is 26.4. The molecule has 0 aliphatic carbocycles. The number of rotatable bonds is 4. The minimum absolute atomic E-state index is 0.0110. The minimum atomic E-state index is -1.45. The Morgan fingerprint density at radius 1 is 0.578 bits per heavy atom. The number of nitrogens with zero attached hydrogens (tertiary/aromatic N) is 2. The normalized spacial score (nSPS) is 22.3. The summed E-state index contributed by atoms with van der Waals surface area (Å²) < 4.78 is 54.5. The van der Waals surface area contributed by atoms with Gasteiger partial charge in [0.05, 0.1) is 42.3 Å². The summed E-state index contributed by atoms with van der Waals surface area (Å²) in [6, 6.07) is 17.1. The van der Waals surface area contributed by atoms with Gasteiger partial charge in [-0.3, -0.25) is 14.4 Å². The van der Waals surface area contributed by atoms with Crippen molar-refractivity contribution in [1.29, 1.82) is 0 Å². The quantitative estimate of drug-likeness (QED) is 0.0625. The fourth-order valence-electron chi connectivity index (χ4n) is 11.0. The summed E-state index contributed by atoms with van der Waals surface area (Å²) in [5.41, 5.74) is 0.123. The molecule has 9 heterocycles. The average molecular weight is 1140 g/mol. The molecule has 2 saturated heterocycles. The molecule has 0 radical (unpaired) electrons. The number of aryl methyl sites for hydroxylation is 1. The van der Waals surface area contributed by atoms with E-state index in [9.17, 15) is 55.2 Å². The maximum absolute atomic E-state index is 12.9. The molecule has 5 aliphatic rings. The maximum Gasteiger partial charge on any atom is 0.204 e. The summed E-state index contributed by atoms with van der Waals surface area (Å²) in [5.74, 6) is -0.467. The van der Waals surface area contributed by atoms with Crippen molar-refractivity contribution < 1.29 is 82.5 Å². The molecule has 22 heteroatoms. The Balaban J connectivity index is 0.000000117. The molecule has 0 bridgehead atoms. The van der Waals surface area contributed by atoms with E-state index in [4.69, 9.17) is 41.7 Å². The van der Waals surface area contributed by atoms with Crippen molar-refractivity contribution >= 4 is 65.8 Å². The van der Waals surface area contributed by atoms with E-state index in [1.165, 1.54) is 31.2 Å². The molecule has 2 fully saturated rings. The number of phenols is 6. The van der Waals surface area contributed by atoms with Crippen LogP contribution in [-0.2, 0) is 40.5 Å². The summed E-state index contributed by atoms with van der Waals surface area (Å²) in [5, 5.41) is 79.7. The Labute approximate surface area is 468 Å². The molecule has 0 unspecified atom stereocenters. The molecule has 5 aliphatic heterocycles. The molecule has 6 aromatic carbocycles. The fourth-order valence-corrected chi connectivity index (χ4v) is 11.0. The van der Waals surface area contributed by atoms with Gasteiger partial charge in [0.15, 0.2) is 5.79 Å². The molecule has 83 heavy (non-hydrogen) atoms. The SMILES string of the molecule is CC1(C)OC[C@@](C)([C@H]2Cc3c(ccc4c(=O)c5c(O)cc(O)cc5oc34)O2)O1.C[C@](O)(CO)[C@H]1Cc2c(ccc3c(=O)c4c(O)cc(O)cc4oc23)O1.C[C@]1([C@H]2Cc3c(ccc4c(=O)c5c(O)cc(O)cc5oc34)O2)CO1.Cn1ccnc1. The van der Waals surface area contributed by atoms with Crippen LogP contribution in [0, 0.1) is 0 Å². The first kappa shape index (κ1) is 54.5. The average Bonchev–Trinajstić information content (AvgIpc) is 2.55. The van der Waals surface area contributed by atoms with Crippen LogP contribution in [0.25, 0.3) is 65.8 Å². The van der Waals surface area contributed by atoms with Gasteiger partial charge in [-0.1, -0.05) is 0 Å². The van der Waals surface area contributed by atoms with Crippen LogP contribution < -0.4 is 30.5 Å². The van der Waals surface area contributed by atoms with Crippen molar-refractivity contribution in [3.05, 3.63) is 139 Å². The lowest BCUT2D eigenvalue weighted by Crippen LogP contribution is -2.45. The van der Waals surface area contributed by atoms with Gasteiger partial charge in [0, 0.05) is 91.8 Å². The van der Waals surface area contributed by atoms with E-state index in [0.717, 1.165) is 29.3 Å². The highest BCUT2D eigenvalue weighted by Gasteiger charge is 2.52. The third kappa shape index (κ3) is 9.56. The highest BCUT2D eigenvalue weighted by atomic mass is 16.8. The number of aliphatic hydroxyl groups excluding tert-OH is 1. The number of hydrogen-bond donors (Lipinski definition) is 8. The van der Waals surface area contributed by atoms with Crippen LogP contribution in [0.4, 0.5) is 0 Å². The summed E-state index contributed by atoms with van der Waals surface area (Å²) in [6.07, 6.45) is 5.62. The Morgan fingerprint density at radius 2 is 0.988 bits per heavy atom. The molecule has 15 rings (SSSR count). The first-order chi connectivity index (χ1) is 39.3. The van der Waals surface area contributed by atoms with E-state index in [0.29, 0.717) is 70.8 Å². The highest BCUT2D eigenvalue weighted by Crippen LogP contribution is 2.46. The zero-order valence-electron chi connectivity index (χ0n) is 45.5. The van der Waals surface area contributed by atoms with Crippen molar-refractivity contribution in [1.82, 2.24) is 9.55 Å². The van der Waals surface area contributed by atoms with Crippen molar-refractivity contribution in [3.8, 4) is 51.7 Å². The van der Waals surface area contributed by atoms with Gasteiger partial charge in [0.1, 0.15) is 137 Å². The van der Waals surface area contributed by atoms with Gasteiger partial charge in [0.2, 0.25) is 16.3 Å². The predicted octanol–water partition coefficient (Wildman–Crippen LogP) is 7.48. The van der Waals surface area contributed by atoms with Crippen molar-refractivity contribution in [3.63, 3.8) is 0 Å². The van der Waals surface area contributed by atoms with Gasteiger partial charge in [-0.15, -0.1) is 0 Å². The maximum atomic E-state index is 12.9. The Hall–Kier alpha value is -9.06. The van der Waals surface area contributed by atoms with Crippen molar-refractivity contribution in [2.24, 2.45) is 7.05 Å². The molecular weight excluding hydrogens is 1080 g/mol. The molecule has 10 aromatic rings. The molecule has 8 N–H and O–H groups in total. The lowest BCUT2D eigenvalue weighted by atomic mass is 9.95. The monoisotopic (exact) mass is 1140 g/mol. The lowest BCUT2D eigenvalue weighted by Gasteiger charge is -2.30. The number of ether oxygens (including phenoxy) is 6. The number of aromatic hydroxyl groups is 6. The molecule has 4 aromatic heterocycles. The number of benzene rings is 6. The second kappa shape index (κ2) is 19.6. The zero-order chi connectivity index (χ0) is 58.8. The Kier molecular flexibility index (Phi) is 12.8. The third-order valence-electron chi connectivity index (χ3n) is 15.7. The predicted molar refractivity (Wildman–Crippen MR) is 299 cm³/mol. The molecule has 22 nitrogen and oxygen atoms in total. The van der Waals surface area contributed by atoms with E-state index < -0.39 is 35.1 Å². The number of phenolic OH excluding ortho intramolecular Hbond substituents is 6. The highest BCUT2D eigenvalue weighted by molar-refractivity contribution is 5.98. The van der Waals surface area contributed by atoms with Gasteiger partial charge in [-0.25, -0.2) is 4.98 Å². The number of aromatic nitrogens is 2. The third-order valence-corrected chi connectivity index (χ3v) is 15.7. The second-order valence-electron chi connectivity index (χ2n) is 22.4. The number of fused-ring (bicyclic) bond motifs is 12. The van der Waals surface area contributed by atoms with Crippen LogP contribution in [0.5, 0.6) is 51.7 Å². The van der Waals surface area contributed by atoms with E-state index in [1.54, 1.807) is 42.9 Å². The van der Waals surface area contributed by atoms with Crippen LogP contribution in [-0.4, -0.2) is 111 Å². The first-order valence-corrected chi connectivity index (χ1v) is 26.4. The Morgan fingerprint density at radius 3 is 1.34 bits per heavy atom. The van der Waals surface area contributed by atoms with E-state index in [2.05, 4.69) is 4.98 Å². The molecule has 0 saturated carbocycles.